The van der Waals surface area contributed by atoms with Gasteiger partial charge in [0, 0.05) is 27.3 Å². The first-order chi connectivity index (χ1) is 7.09. The number of benzene rings is 1. The van der Waals surface area contributed by atoms with Gasteiger partial charge in [0.05, 0.1) is 0 Å². The van der Waals surface area contributed by atoms with E-state index in [4.69, 9.17) is 5.11 Å². The molecule has 80 valence electrons. The second-order valence-electron chi connectivity index (χ2n) is 2.75. The summed E-state index contributed by atoms with van der Waals surface area (Å²) >= 11 is 6.74. The van der Waals surface area contributed by atoms with Crippen LogP contribution in [0.2, 0.25) is 0 Å². The predicted octanol–water partition coefficient (Wildman–Crippen LogP) is 3.26. The van der Waals surface area contributed by atoms with Crippen molar-refractivity contribution in [1.82, 2.24) is 0 Å². The van der Waals surface area contributed by atoms with Gasteiger partial charge in [-0.2, -0.15) is 0 Å². The number of anilines is 1. The highest BCUT2D eigenvalue weighted by atomic mass is 79.9. The minimum absolute atomic E-state index is 0.474. The number of aliphatic carboxylic acids is 1. The van der Waals surface area contributed by atoms with Gasteiger partial charge in [0.25, 0.3) is 0 Å². The van der Waals surface area contributed by atoms with Crippen molar-refractivity contribution in [3.8, 4) is 0 Å². The zero-order valence-corrected chi connectivity index (χ0v) is 10.9. The summed E-state index contributed by atoms with van der Waals surface area (Å²) in [4.78, 5) is 10.2. The van der Waals surface area contributed by atoms with E-state index >= 15 is 0 Å². The lowest BCUT2D eigenvalue weighted by molar-refractivity contribution is -0.131. The highest BCUT2D eigenvalue weighted by Crippen LogP contribution is 2.25. The molecule has 0 unspecified atom stereocenters. The minimum Gasteiger partial charge on any atom is -0.478 e. The summed E-state index contributed by atoms with van der Waals surface area (Å²) in [6, 6.07) is 5.74. The third-order valence-electron chi connectivity index (χ3n) is 1.60. The summed E-state index contributed by atoms with van der Waals surface area (Å²) in [5.74, 6) is -0.940. The number of halogens is 2. The summed E-state index contributed by atoms with van der Waals surface area (Å²) in [7, 11) is 0. The van der Waals surface area contributed by atoms with Gasteiger partial charge >= 0.3 is 5.97 Å². The molecule has 0 saturated heterocycles. The molecule has 0 heterocycles. The fraction of sp³-hybridized carbons (Fsp3) is 0.100. The number of nitrogens with one attached hydrogen (secondary N) is 1. The fourth-order valence-electron chi connectivity index (χ4n) is 0.962. The molecule has 1 aromatic rings. The van der Waals surface area contributed by atoms with Crippen molar-refractivity contribution in [3.63, 3.8) is 0 Å². The molecule has 0 aliphatic rings. The number of carboxylic acid groups (broad SMARTS) is 1. The lowest BCUT2D eigenvalue weighted by Crippen LogP contribution is -2.00. The first kappa shape index (κ1) is 12.3. The van der Waals surface area contributed by atoms with Gasteiger partial charge in [-0.25, -0.2) is 4.79 Å². The van der Waals surface area contributed by atoms with Crippen LogP contribution in [-0.2, 0) is 4.79 Å². The van der Waals surface area contributed by atoms with E-state index in [0.717, 1.165) is 20.7 Å². The molecule has 0 aromatic heterocycles. The van der Waals surface area contributed by atoms with E-state index in [1.54, 1.807) is 6.08 Å². The predicted molar refractivity (Wildman–Crippen MR) is 67.1 cm³/mol. The van der Waals surface area contributed by atoms with Crippen molar-refractivity contribution in [1.29, 1.82) is 0 Å². The van der Waals surface area contributed by atoms with Gasteiger partial charge in [-0.3, -0.25) is 0 Å². The van der Waals surface area contributed by atoms with Crippen LogP contribution in [0.5, 0.6) is 0 Å². The van der Waals surface area contributed by atoms with Gasteiger partial charge in [-0.05, 0) is 34.1 Å². The first-order valence-corrected chi connectivity index (χ1v) is 5.76. The molecule has 0 amide bonds. The van der Waals surface area contributed by atoms with Crippen molar-refractivity contribution in [2.24, 2.45) is 0 Å². The topological polar surface area (TPSA) is 49.3 Å². The Hall–Kier alpha value is -0.810. The molecule has 0 atom stereocenters. The Morgan fingerprint density at radius 2 is 2.20 bits per heavy atom. The van der Waals surface area contributed by atoms with E-state index in [2.05, 4.69) is 37.2 Å². The quantitative estimate of drug-likeness (QED) is 0.831. The van der Waals surface area contributed by atoms with Crippen LogP contribution in [0.4, 0.5) is 5.69 Å². The molecule has 0 saturated carbocycles. The molecule has 0 aliphatic carbocycles. The Morgan fingerprint density at radius 3 is 2.87 bits per heavy atom. The van der Waals surface area contributed by atoms with Crippen molar-refractivity contribution >= 4 is 43.5 Å². The van der Waals surface area contributed by atoms with E-state index in [1.807, 2.05) is 18.2 Å². The summed E-state index contributed by atoms with van der Waals surface area (Å²) in [5, 5.41) is 11.5. The largest absolute Gasteiger partial charge is 0.478 e. The van der Waals surface area contributed by atoms with Gasteiger partial charge in [-0.1, -0.05) is 22.0 Å². The van der Waals surface area contributed by atoms with E-state index in [9.17, 15) is 4.79 Å². The van der Waals surface area contributed by atoms with Crippen LogP contribution in [0.3, 0.4) is 0 Å². The Kier molecular flexibility index (Phi) is 4.84. The van der Waals surface area contributed by atoms with Crippen LogP contribution in [0, 0.1) is 0 Å². The molecular formula is C10H9Br2NO2. The maximum Gasteiger partial charge on any atom is 0.328 e. The maximum atomic E-state index is 10.2. The third-order valence-corrected chi connectivity index (χ3v) is 2.78. The molecule has 5 heteroatoms. The van der Waals surface area contributed by atoms with Gasteiger partial charge < -0.3 is 10.4 Å². The van der Waals surface area contributed by atoms with E-state index in [-0.39, 0.29) is 0 Å². The molecule has 3 nitrogen and oxygen atoms in total. The molecule has 15 heavy (non-hydrogen) atoms. The minimum atomic E-state index is -0.940. The normalized spacial score (nSPS) is 10.5. The SMILES string of the molecule is O=C(O)/C=C/CNc1cc(Br)ccc1Br. The zero-order chi connectivity index (χ0) is 11.3. The van der Waals surface area contributed by atoms with Gasteiger partial charge in [-0.15, -0.1) is 0 Å². The van der Waals surface area contributed by atoms with Crippen LogP contribution in [0.1, 0.15) is 0 Å². The second kappa shape index (κ2) is 5.92. The summed E-state index contributed by atoms with van der Waals surface area (Å²) in [6.45, 7) is 0.474. The Bertz CT molecular complexity index is 391. The molecular weight excluding hydrogens is 326 g/mol. The van der Waals surface area contributed by atoms with Crippen LogP contribution in [-0.4, -0.2) is 17.6 Å². The molecule has 1 aromatic carbocycles. The second-order valence-corrected chi connectivity index (χ2v) is 4.52. The third kappa shape index (κ3) is 4.48. The average molecular weight is 335 g/mol. The van der Waals surface area contributed by atoms with Crippen LogP contribution in [0.15, 0.2) is 39.3 Å². The molecule has 0 spiro atoms. The van der Waals surface area contributed by atoms with E-state index in [0.29, 0.717) is 6.54 Å². The first-order valence-electron chi connectivity index (χ1n) is 4.18. The van der Waals surface area contributed by atoms with Crippen molar-refractivity contribution in [2.75, 3.05) is 11.9 Å². The number of rotatable bonds is 4. The molecule has 0 aliphatic heterocycles. The van der Waals surface area contributed by atoms with E-state index in [1.165, 1.54) is 0 Å². The summed E-state index contributed by atoms with van der Waals surface area (Å²) in [5.41, 5.74) is 0.916. The monoisotopic (exact) mass is 333 g/mol. The standard InChI is InChI=1S/C10H9Br2NO2/c11-7-3-4-8(12)9(6-7)13-5-1-2-10(14)15/h1-4,6,13H,5H2,(H,14,15)/b2-1+. The lowest BCUT2D eigenvalue weighted by Gasteiger charge is -2.06. The van der Waals surface area contributed by atoms with Crippen LogP contribution >= 0.6 is 31.9 Å². The molecule has 1 rings (SSSR count). The fourth-order valence-corrected chi connectivity index (χ4v) is 1.71. The summed E-state index contributed by atoms with van der Waals surface area (Å²) in [6.07, 6.45) is 2.66. The van der Waals surface area contributed by atoms with Crippen molar-refractivity contribution in [2.45, 2.75) is 0 Å². The molecule has 0 radical (unpaired) electrons. The van der Waals surface area contributed by atoms with Crippen LogP contribution in [0.25, 0.3) is 0 Å². The van der Waals surface area contributed by atoms with E-state index < -0.39 is 5.97 Å². The summed E-state index contributed by atoms with van der Waals surface area (Å²) < 4.78 is 1.91. The lowest BCUT2D eigenvalue weighted by atomic mass is 10.3. The number of carbonyl (C=O) groups is 1. The number of hydrogen-bond acceptors (Lipinski definition) is 2. The maximum absolute atomic E-state index is 10.2. The van der Waals surface area contributed by atoms with Gasteiger partial charge in [0.2, 0.25) is 0 Å². The number of hydrogen-bond donors (Lipinski definition) is 2. The molecule has 0 bridgehead atoms. The molecule has 2 N–H and O–H groups in total. The molecule has 0 fully saturated rings. The van der Waals surface area contributed by atoms with Crippen molar-refractivity contribution < 1.29 is 9.90 Å². The number of carboxylic acids is 1. The highest BCUT2D eigenvalue weighted by molar-refractivity contribution is 9.11. The van der Waals surface area contributed by atoms with Gasteiger partial charge in [0.15, 0.2) is 0 Å². The average Bonchev–Trinajstić information content (AvgIpc) is 2.17. The highest BCUT2D eigenvalue weighted by Gasteiger charge is 1.98. The van der Waals surface area contributed by atoms with Gasteiger partial charge in [0.1, 0.15) is 0 Å². The zero-order valence-electron chi connectivity index (χ0n) is 7.71. The Balaban J connectivity index is 2.57. The van der Waals surface area contributed by atoms with Crippen molar-refractivity contribution in [3.05, 3.63) is 39.3 Å². The van der Waals surface area contributed by atoms with Crippen LogP contribution < -0.4 is 5.32 Å². The Labute approximate surface area is 104 Å². The Morgan fingerprint density at radius 1 is 1.47 bits per heavy atom. The smallest absolute Gasteiger partial charge is 0.328 e.